The number of carbonyl (C=O) groups is 2. The number of aromatic carboxylic acids is 1. The van der Waals surface area contributed by atoms with Crippen molar-refractivity contribution in [1.82, 2.24) is 14.9 Å². The maximum Gasteiger partial charge on any atom is 0.339 e. The average Bonchev–Trinajstić information content (AvgIpc) is 3.19. The van der Waals surface area contributed by atoms with Crippen LogP contribution in [0.5, 0.6) is 0 Å². The summed E-state index contributed by atoms with van der Waals surface area (Å²) in [5.74, 6) is -1.15. The van der Waals surface area contributed by atoms with Gasteiger partial charge in [-0.15, -0.1) is 0 Å². The summed E-state index contributed by atoms with van der Waals surface area (Å²) >= 11 is 4.46. The van der Waals surface area contributed by atoms with E-state index in [1.165, 1.54) is 6.07 Å². The number of hydrogen-bond acceptors (Lipinski definition) is 5. The first kappa shape index (κ1) is 30.4. The van der Waals surface area contributed by atoms with E-state index in [-0.39, 0.29) is 18.0 Å². The van der Waals surface area contributed by atoms with Gasteiger partial charge in [-0.05, 0) is 55.4 Å². The molecule has 7 nitrogen and oxygen atoms in total. The van der Waals surface area contributed by atoms with Crippen LogP contribution in [0.3, 0.4) is 0 Å². The SMILES string of the molecule is CCCc1nc(C(C)(C)O)c(CNC(=O)[C@@H](S)CC(C)C)n1Cc1ccc(-c2cccc(F)c2C(=O)O)cc1. The number of nitrogens with one attached hydrogen (secondary N) is 1. The Morgan fingerprint density at radius 2 is 1.82 bits per heavy atom. The van der Waals surface area contributed by atoms with Crippen molar-refractivity contribution in [3.05, 3.63) is 76.6 Å². The second-order valence-electron chi connectivity index (χ2n) is 10.7. The number of thiol groups is 1. The van der Waals surface area contributed by atoms with Crippen molar-refractivity contribution in [1.29, 1.82) is 0 Å². The molecular weight excluding hydrogens is 517 g/mol. The molecule has 3 N–H and O–H groups in total. The number of halogens is 1. The number of benzene rings is 2. The van der Waals surface area contributed by atoms with Crippen molar-refractivity contribution in [3.8, 4) is 11.1 Å². The molecule has 0 unspecified atom stereocenters. The predicted molar refractivity (Wildman–Crippen MR) is 153 cm³/mol. The number of aliphatic hydroxyl groups is 1. The van der Waals surface area contributed by atoms with Crippen LogP contribution in [0.15, 0.2) is 42.5 Å². The fourth-order valence-electron chi connectivity index (χ4n) is 4.60. The number of nitrogens with zero attached hydrogens (tertiary/aromatic N) is 2. The lowest BCUT2D eigenvalue weighted by molar-refractivity contribution is -0.121. The summed E-state index contributed by atoms with van der Waals surface area (Å²) in [7, 11) is 0. The number of imidazole rings is 1. The molecule has 39 heavy (non-hydrogen) atoms. The van der Waals surface area contributed by atoms with E-state index in [1.807, 2.05) is 30.5 Å². The van der Waals surface area contributed by atoms with Crippen molar-refractivity contribution in [2.24, 2.45) is 5.92 Å². The van der Waals surface area contributed by atoms with Crippen LogP contribution in [0.1, 0.15) is 80.6 Å². The van der Waals surface area contributed by atoms with Crippen LogP contribution in [-0.2, 0) is 29.9 Å². The fourth-order valence-corrected chi connectivity index (χ4v) is 5.12. The molecule has 0 saturated carbocycles. The van der Waals surface area contributed by atoms with E-state index in [2.05, 4.69) is 24.9 Å². The van der Waals surface area contributed by atoms with Gasteiger partial charge in [0.15, 0.2) is 0 Å². The minimum atomic E-state index is -1.32. The topological polar surface area (TPSA) is 104 Å². The number of carbonyl (C=O) groups excluding carboxylic acids is 1. The zero-order valence-corrected chi connectivity index (χ0v) is 24.1. The first-order valence-corrected chi connectivity index (χ1v) is 13.7. The second-order valence-corrected chi connectivity index (χ2v) is 11.4. The van der Waals surface area contributed by atoms with Gasteiger partial charge < -0.3 is 20.1 Å². The summed E-state index contributed by atoms with van der Waals surface area (Å²) in [6.07, 6.45) is 2.18. The molecule has 2 aromatic carbocycles. The maximum atomic E-state index is 14.2. The van der Waals surface area contributed by atoms with E-state index in [0.717, 1.165) is 23.9 Å². The maximum absolute atomic E-state index is 14.2. The van der Waals surface area contributed by atoms with Crippen molar-refractivity contribution in [2.45, 2.75) is 77.8 Å². The highest BCUT2D eigenvalue weighted by molar-refractivity contribution is 7.81. The number of carboxylic acids is 1. The fraction of sp³-hybridized carbons (Fsp3) is 0.433. The highest BCUT2D eigenvalue weighted by Crippen LogP contribution is 2.29. The van der Waals surface area contributed by atoms with Crippen molar-refractivity contribution in [2.75, 3.05) is 0 Å². The monoisotopic (exact) mass is 555 g/mol. The Morgan fingerprint density at radius 3 is 2.38 bits per heavy atom. The lowest BCUT2D eigenvalue weighted by atomic mass is 9.98. The summed E-state index contributed by atoms with van der Waals surface area (Å²) in [6, 6.07) is 11.5. The molecule has 0 fully saturated rings. The molecule has 0 saturated heterocycles. The number of aromatic nitrogens is 2. The molecule has 9 heteroatoms. The summed E-state index contributed by atoms with van der Waals surface area (Å²) in [4.78, 5) is 29.2. The normalized spacial score (nSPS) is 12.5. The zero-order valence-electron chi connectivity index (χ0n) is 23.2. The Balaban J connectivity index is 1.96. The molecule has 0 aliphatic heterocycles. The van der Waals surface area contributed by atoms with Crippen LogP contribution >= 0.6 is 12.6 Å². The summed E-state index contributed by atoms with van der Waals surface area (Å²) in [5.41, 5.74) is 1.44. The zero-order chi connectivity index (χ0) is 28.9. The standard InChI is InChI=1S/C30H38FN3O4S/c1-6-8-25-33-27(30(4,5)38)23(16-32-28(35)24(39)15-18(2)3)34(25)17-19-11-13-20(14-12-19)21-9-7-10-22(31)26(21)29(36)37/h7,9-14,18,24,38-39H,6,8,15-17H2,1-5H3,(H,32,35)(H,36,37)/t24-/m0/s1. The van der Waals surface area contributed by atoms with Crippen molar-refractivity contribution < 1.29 is 24.2 Å². The van der Waals surface area contributed by atoms with Gasteiger partial charge in [0, 0.05) is 13.0 Å². The number of rotatable bonds is 12. The third kappa shape index (κ3) is 7.48. The number of hydrogen-bond donors (Lipinski definition) is 4. The minimum Gasteiger partial charge on any atom is -0.478 e. The average molecular weight is 556 g/mol. The van der Waals surface area contributed by atoms with Crippen LogP contribution in [0.4, 0.5) is 4.39 Å². The first-order valence-electron chi connectivity index (χ1n) is 13.2. The van der Waals surface area contributed by atoms with Gasteiger partial charge >= 0.3 is 5.97 Å². The summed E-state index contributed by atoms with van der Waals surface area (Å²) < 4.78 is 16.2. The van der Waals surface area contributed by atoms with Crippen LogP contribution in [0.25, 0.3) is 11.1 Å². The van der Waals surface area contributed by atoms with Crippen LogP contribution in [0.2, 0.25) is 0 Å². The molecule has 0 aliphatic carbocycles. The molecule has 210 valence electrons. The second kappa shape index (κ2) is 12.8. The van der Waals surface area contributed by atoms with E-state index in [0.29, 0.717) is 47.8 Å². The lowest BCUT2D eigenvalue weighted by Crippen LogP contribution is -2.33. The molecule has 0 spiro atoms. The van der Waals surface area contributed by atoms with Gasteiger partial charge in [0.2, 0.25) is 5.91 Å². The lowest BCUT2D eigenvalue weighted by Gasteiger charge is -2.20. The largest absolute Gasteiger partial charge is 0.478 e. The van der Waals surface area contributed by atoms with Crippen LogP contribution in [0, 0.1) is 11.7 Å². The minimum absolute atomic E-state index is 0.174. The Labute approximate surface area is 234 Å². The number of carboxylic acid groups (broad SMARTS) is 1. The number of aryl methyl sites for hydroxylation is 1. The molecule has 0 aliphatic rings. The van der Waals surface area contributed by atoms with Crippen LogP contribution in [-0.4, -0.2) is 36.9 Å². The summed E-state index contributed by atoms with van der Waals surface area (Å²) in [6.45, 7) is 10.1. The smallest absolute Gasteiger partial charge is 0.339 e. The number of amides is 1. The summed E-state index contributed by atoms with van der Waals surface area (Å²) in [5, 5.41) is 22.9. The van der Waals surface area contributed by atoms with Gasteiger partial charge in [-0.25, -0.2) is 14.2 Å². The Kier molecular flexibility index (Phi) is 9.96. The van der Waals surface area contributed by atoms with E-state index in [9.17, 15) is 24.2 Å². The molecule has 1 aromatic heterocycles. The van der Waals surface area contributed by atoms with Gasteiger partial charge in [0.05, 0.1) is 23.2 Å². The molecule has 1 atom stereocenters. The third-order valence-electron chi connectivity index (χ3n) is 6.47. The highest BCUT2D eigenvalue weighted by atomic mass is 32.1. The molecule has 3 aromatic rings. The highest BCUT2D eigenvalue weighted by Gasteiger charge is 2.28. The van der Waals surface area contributed by atoms with Gasteiger partial charge in [0.1, 0.15) is 22.8 Å². The Bertz CT molecular complexity index is 1310. The van der Waals surface area contributed by atoms with E-state index in [4.69, 9.17) is 4.98 Å². The van der Waals surface area contributed by atoms with Crippen molar-refractivity contribution >= 4 is 24.5 Å². The molecule has 1 heterocycles. The van der Waals surface area contributed by atoms with Crippen molar-refractivity contribution in [3.63, 3.8) is 0 Å². The van der Waals surface area contributed by atoms with Gasteiger partial charge in [-0.1, -0.05) is 57.2 Å². The van der Waals surface area contributed by atoms with E-state index < -0.39 is 22.6 Å². The molecule has 3 rings (SSSR count). The molecule has 0 bridgehead atoms. The molecule has 0 radical (unpaired) electrons. The first-order chi connectivity index (χ1) is 18.3. The van der Waals surface area contributed by atoms with Gasteiger partial charge in [0.25, 0.3) is 0 Å². The van der Waals surface area contributed by atoms with E-state index in [1.54, 1.807) is 32.0 Å². The van der Waals surface area contributed by atoms with Gasteiger partial charge in [-0.2, -0.15) is 12.6 Å². The van der Waals surface area contributed by atoms with E-state index >= 15 is 0 Å². The third-order valence-corrected chi connectivity index (χ3v) is 6.91. The Morgan fingerprint density at radius 1 is 1.15 bits per heavy atom. The Hall–Kier alpha value is -3.17. The molecular formula is C30H38FN3O4S. The van der Waals surface area contributed by atoms with Crippen LogP contribution < -0.4 is 5.32 Å². The quantitative estimate of drug-likeness (QED) is 0.219. The molecule has 1 amide bonds. The predicted octanol–water partition coefficient (Wildman–Crippen LogP) is 5.58. The van der Waals surface area contributed by atoms with Gasteiger partial charge in [-0.3, -0.25) is 4.79 Å².